The molecule has 0 unspecified atom stereocenters. The summed E-state index contributed by atoms with van der Waals surface area (Å²) < 4.78 is 0. The van der Waals surface area contributed by atoms with Gasteiger partial charge in [0.25, 0.3) is 0 Å². The number of carboxylic acid groups (broad SMARTS) is 2. The van der Waals surface area contributed by atoms with Gasteiger partial charge in [0, 0.05) is 37.8 Å². The van der Waals surface area contributed by atoms with E-state index in [1.807, 2.05) is 5.32 Å². The third-order valence-corrected chi connectivity index (χ3v) is 10.7. The lowest BCUT2D eigenvalue weighted by atomic mass is 10.0. The summed E-state index contributed by atoms with van der Waals surface area (Å²) >= 11 is 0. The average molecular weight is 1070 g/mol. The minimum Gasteiger partial charge on any atom is -0.481 e. The number of primary amides is 1. The minimum absolute atomic E-state index is 0.0151. The van der Waals surface area contributed by atoms with E-state index in [0.29, 0.717) is 0 Å². The number of guanidine groups is 2. The number of imidazole rings is 1. The summed E-state index contributed by atoms with van der Waals surface area (Å²) in [7, 11) is 0. The smallest absolute Gasteiger partial charge is 0.326 e. The number of aliphatic imine (C=N–C) groups is 2. The topological polar surface area (TPSA) is 574 Å². The largest absolute Gasteiger partial charge is 0.481 e. The Kier molecular flexibility index (Phi) is 28.3. The normalized spacial score (nSPS) is 14.9. The van der Waals surface area contributed by atoms with Crippen LogP contribution in [0.25, 0.3) is 0 Å². The van der Waals surface area contributed by atoms with Gasteiger partial charge in [-0.2, -0.15) is 0 Å². The van der Waals surface area contributed by atoms with Crippen molar-refractivity contribution in [2.45, 2.75) is 140 Å². The second-order valence-electron chi connectivity index (χ2n) is 17.4. The van der Waals surface area contributed by atoms with Gasteiger partial charge in [0.2, 0.25) is 53.2 Å². The average Bonchev–Trinajstić information content (AvgIpc) is 3.84. The number of H-pyrrole nitrogens is 1. The number of aromatic amines is 1. The van der Waals surface area contributed by atoms with Crippen LogP contribution < -0.4 is 76.9 Å². The van der Waals surface area contributed by atoms with E-state index < -0.39 is 157 Å². The molecule has 1 aromatic heterocycles. The molecule has 0 aromatic carbocycles. The van der Waals surface area contributed by atoms with Crippen molar-refractivity contribution in [3.05, 3.63) is 18.2 Å². The van der Waals surface area contributed by atoms with E-state index in [2.05, 4.69) is 57.2 Å². The number of carbonyl (C=O) groups is 11. The van der Waals surface area contributed by atoms with Crippen LogP contribution in [0.15, 0.2) is 22.5 Å². The number of hydrogen-bond acceptors (Lipinski definition) is 17. The van der Waals surface area contributed by atoms with E-state index in [4.69, 9.17) is 39.5 Å². The molecule has 33 nitrogen and oxygen atoms in total. The summed E-state index contributed by atoms with van der Waals surface area (Å²) in [6, 6.07) is -14.1. The summed E-state index contributed by atoms with van der Waals surface area (Å²) in [5.41, 5.74) is 33.1. The highest BCUT2D eigenvalue weighted by molar-refractivity contribution is 5.99. The van der Waals surface area contributed by atoms with Crippen molar-refractivity contribution in [2.24, 2.45) is 50.3 Å². The number of rotatable bonds is 35. The monoisotopic (exact) mass is 1070 g/mol. The third kappa shape index (κ3) is 24.9. The van der Waals surface area contributed by atoms with Crippen molar-refractivity contribution in [3.63, 3.8) is 0 Å². The van der Waals surface area contributed by atoms with E-state index in [1.165, 1.54) is 26.4 Å². The Morgan fingerprint density at radius 2 is 1.07 bits per heavy atom. The van der Waals surface area contributed by atoms with Gasteiger partial charge in [0.05, 0.1) is 25.5 Å². The minimum atomic E-state index is -1.88. The van der Waals surface area contributed by atoms with Gasteiger partial charge in [-0.15, -0.1) is 0 Å². The molecule has 0 fully saturated rings. The number of aliphatic hydroxyl groups is 2. The SMILES string of the molecule is CC(C)[C@H](NC(=O)[C@H](CCCN=C(N)N)NC(=O)[C@H](CCCN=C(N)N)NC(=O)[C@@H](N)[C@@H](C)O)C(=O)N[C@@H](C)C(=O)N[C@@H](Cc1cnc[nH]1)C(=O)N[C@@H](CC(N)=O)C(=O)N[C@@H](CO)C(=O)N[C@@H](CCC(=O)O)C(=O)O. The second-order valence-corrected chi connectivity index (χ2v) is 17.4. The van der Waals surface area contributed by atoms with Crippen molar-refractivity contribution in [3.8, 4) is 0 Å². The highest BCUT2D eigenvalue weighted by Crippen LogP contribution is 2.10. The van der Waals surface area contributed by atoms with Gasteiger partial charge >= 0.3 is 11.9 Å². The number of nitrogens with one attached hydrogen (secondary N) is 9. The lowest BCUT2D eigenvalue weighted by Crippen LogP contribution is -2.61. The Morgan fingerprint density at radius 1 is 0.600 bits per heavy atom. The fourth-order valence-electron chi connectivity index (χ4n) is 6.53. The molecule has 10 atom stereocenters. The lowest BCUT2D eigenvalue weighted by Gasteiger charge is -2.28. The number of nitrogens with two attached hydrogens (primary N) is 6. The number of carboxylic acids is 2. The predicted molar refractivity (Wildman–Crippen MR) is 263 cm³/mol. The van der Waals surface area contributed by atoms with E-state index >= 15 is 0 Å². The zero-order valence-corrected chi connectivity index (χ0v) is 41.9. The first-order chi connectivity index (χ1) is 35.1. The molecule has 1 heterocycles. The lowest BCUT2D eigenvalue weighted by molar-refractivity contribution is -0.144. The first-order valence-electron chi connectivity index (χ1n) is 23.4. The van der Waals surface area contributed by atoms with Crippen LogP contribution in [0.2, 0.25) is 0 Å². The van der Waals surface area contributed by atoms with Crippen molar-refractivity contribution in [1.29, 1.82) is 0 Å². The number of amides is 9. The Labute approximate surface area is 429 Å². The maximum absolute atomic E-state index is 14.0. The highest BCUT2D eigenvalue weighted by Gasteiger charge is 2.36. The van der Waals surface area contributed by atoms with E-state index in [9.17, 15) is 68.1 Å². The number of nitrogens with zero attached hydrogens (tertiary/aromatic N) is 3. The summed E-state index contributed by atoms with van der Waals surface area (Å²) in [6.07, 6.45) is -1.10. The summed E-state index contributed by atoms with van der Waals surface area (Å²) in [5.74, 6) is -13.5. The summed E-state index contributed by atoms with van der Waals surface area (Å²) in [4.78, 5) is 157. The van der Waals surface area contributed by atoms with Crippen LogP contribution in [-0.2, 0) is 59.2 Å². The number of hydrogen-bond donors (Lipinski definition) is 19. The fraction of sp³-hybridized carbons (Fsp3) is 0.619. The van der Waals surface area contributed by atoms with Crippen LogP contribution in [-0.4, -0.2) is 188 Å². The van der Waals surface area contributed by atoms with Crippen molar-refractivity contribution in [1.82, 2.24) is 52.5 Å². The number of aliphatic hydroxyl groups excluding tert-OH is 2. The maximum Gasteiger partial charge on any atom is 0.326 e. The summed E-state index contributed by atoms with van der Waals surface area (Å²) in [6.45, 7) is 4.55. The van der Waals surface area contributed by atoms with Crippen LogP contribution in [0.1, 0.15) is 78.3 Å². The second kappa shape index (κ2) is 32.8. The molecule has 9 amide bonds. The Morgan fingerprint density at radius 3 is 1.53 bits per heavy atom. The maximum atomic E-state index is 14.0. The molecule has 0 bridgehead atoms. The van der Waals surface area contributed by atoms with Gasteiger partial charge < -0.3 is 102 Å². The van der Waals surface area contributed by atoms with E-state index in [-0.39, 0.29) is 62.8 Å². The van der Waals surface area contributed by atoms with Gasteiger partial charge in [-0.1, -0.05) is 13.8 Å². The first kappa shape index (κ1) is 64.8. The van der Waals surface area contributed by atoms with Gasteiger partial charge in [0.15, 0.2) is 11.9 Å². The van der Waals surface area contributed by atoms with Crippen LogP contribution in [0.5, 0.6) is 0 Å². The molecule has 75 heavy (non-hydrogen) atoms. The third-order valence-electron chi connectivity index (χ3n) is 10.7. The molecule has 0 radical (unpaired) electrons. The Hall–Kier alpha value is -8.20. The van der Waals surface area contributed by atoms with Crippen LogP contribution in [0, 0.1) is 5.92 Å². The predicted octanol–water partition coefficient (Wildman–Crippen LogP) is -8.86. The van der Waals surface area contributed by atoms with Crippen molar-refractivity contribution in [2.75, 3.05) is 19.7 Å². The molecule has 1 aromatic rings. The molecule has 1 rings (SSSR count). The molecular weight excluding hydrogens is 997 g/mol. The number of carbonyl (C=O) groups excluding carboxylic acids is 9. The van der Waals surface area contributed by atoms with Crippen molar-refractivity contribution >= 4 is 77.0 Å². The molecular formula is C42H72N18O15. The van der Waals surface area contributed by atoms with E-state index in [1.54, 1.807) is 13.8 Å². The van der Waals surface area contributed by atoms with Crippen LogP contribution in [0.4, 0.5) is 0 Å². The zero-order chi connectivity index (χ0) is 57.1. The standard InChI is InChI=1S/C42H72N18O15/c1-18(2)31(60-34(68)23(8-6-12-51-42(47)48)54-33(67)22(7-5-11-50-41(45)46)55-38(72)30(44)20(4)62)39(73)53-19(3)32(66)57-25(13-21-15-49-17-52-21)35(69)58-26(14-28(43)63)36(70)59-27(16-61)37(71)56-24(40(74)75)9-10-29(64)65/h15,17-20,22-27,30-31,61-62H,5-14,16,44H2,1-4H3,(H2,43,63)(H,49,52)(H,53,73)(H,54,67)(H,55,72)(H,56,71)(H,57,66)(H,58,69)(H,59,70)(H,60,68)(H,64,65)(H,74,75)(H4,45,46,50)(H4,47,48,51)/t19-,20+,22-,23-,24-,25-,26-,27-,30-,31-/m0/s1. The van der Waals surface area contributed by atoms with Crippen LogP contribution in [0.3, 0.4) is 0 Å². The molecule has 0 saturated heterocycles. The van der Waals surface area contributed by atoms with Crippen LogP contribution >= 0.6 is 0 Å². The van der Waals surface area contributed by atoms with Crippen molar-refractivity contribution < 1.29 is 73.2 Å². The molecule has 0 spiro atoms. The van der Waals surface area contributed by atoms with Gasteiger partial charge in [-0.05, 0) is 51.9 Å². The Bertz CT molecular complexity index is 2180. The van der Waals surface area contributed by atoms with Gasteiger partial charge in [-0.25, -0.2) is 9.78 Å². The fourth-order valence-corrected chi connectivity index (χ4v) is 6.53. The molecule has 0 saturated carbocycles. The number of aromatic nitrogens is 2. The summed E-state index contributed by atoms with van der Waals surface area (Å²) in [5, 5.41) is 56.9. The molecule has 25 N–H and O–H groups in total. The number of aliphatic carboxylic acids is 2. The highest BCUT2D eigenvalue weighted by atomic mass is 16.4. The molecule has 33 heteroatoms. The molecule has 0 aliphatic rings. The molecule has 0 aliphatic carbocycles. The quantitative estimate of drug-likeness (QED) is 0.0170. The van der Waals surface area contributed by atoms with Gasteiger partial charge in [0.1, 0.15) is 54.4 Å². The van der Waals surface area contributed by atoms with E-state index in [0.717, 1.165) is 0 Å². The molecule has 420 valence electrons. The molecule has 0 aliphatic heterocycles. The zero-order valence-electron chi connectivity index (χ0n) is 41.9. The van der Waals surface area contributed by atoms with Gasteiger partial charge in [-0.3, -0.25) is 57.9 Å². The Balaban J connectivity index is 3.38. The first-order valence-corrected chi connectivity index (χ1v) is 23.4.